The average molecular weight is 283 g/mol. The maximum Gasteiger partial charge on any atom is 0.409 e. The van der Waals surface area contributed by atoms with E-state index in [-0.39, 0.29) is 24.2 Å². The molecule has 2 N–H and O–H groups in total. The van der Waals surface area contributed by atoms with Crippen LogP contribution in [0.15, 0.2) is 12.1 Å². The summed E-state index contributed by atoms with van der Waals surface area (Å²) in [5.74, 6) is -2.86. The lowest BCUT2D eigenvalue weighted by molar-refractivity contribution is -0.127. The number of halogens is 2. The molecule has 1 aromatic carbocycles. The van der Waals surface area contributed by atoms with Crippen LogP contribution < -0.4 is 10.5 Å². The normalized spacial score (nSPS) is 9.70. The van der Waals surface area contributed by atoms with Gasteiger partial charge in [0.15, 0.2) is 6.19 Å². The summed E-state index contributed by atoms with van der Waals surface area (Å²) in [6.45, 7) is 0. The first-order chi connectivity index (χ1) is 9.35. The topological polar surface area (TPSA) is 96.4 Å². The lowest BCUT2D eigenvalue weighted by atomic mass is 10.1. The number of carbonyl (C=O) groups is 2. The number of hydrogen-bond acceptors (Lipinski definition) is 4. The zero-order valence-corrected chi connectivity index (χ0v) is 10.5. The summed E-state index contributed by atoms with van der Waals surface area (Å²) in [6, 6.07) is 1.59. The fraction of sp³-hybridized carbons (Fsp3) is 0.250. The maximum absolute atomic E-state index is 13.6. The van der Waals surface area contributed by atoms with E-state index < -0.39 is 23.6 Å². The summed E-state index contributed by atoms with van der Waals surface area (Å²) >= 11 is 0. The number of carbonyl (C=O) groups excluding carboxylic acids is 2. The molecule has 0 atom stereocenters. The Hall–Kier alpha value is -2.69. The molecular formula is C12H11F2N3O3. The van der Waals surface area contributed by atoms with Gasteiger partial charge in [-0.25, -0.2) is 13.6 Å². The molecule has 0 aliphatic rings. The minimum Gasteiger partial charge on any atom is -0.410 e. The Morgan fingerprint density at radius 3 is 2.40 bits per heavy atom. The van der Waals surface area contributed by atoms with Crippen LogP contribution in [0.1, 0.15) is 12.0 Å². The van der Waals surface area contributed by atoms with E-state index in [1.165, 1.54) is 7.05 Å². The van der Waals surface area contributed by atoms with E-state index in [1.807, 2.05) is 0 Å². The van der Waals surface area contributed by atoms with Gasteiger partial charge in [-0.2, -0.15) is 5.26 Å². The van der Waals surface area contributed by atoms with Gasteiger partial charge in [-0.3, -0.25) is 9.69 Å². The monoisotopic (exact) mass is 283 g/mol. The van der Waals surface area contributed by atoms with Crippen molar-refractivity contribution in [3.05, 3.63) is 29.3 Å². The molecule has 20 heavy (non-hydrogen) atoms. The third kappa shape index (κ3) is 3.91. The molecule has 2 amide bonds. The molecule has 0 spiro atoms. The van der Waals surface area contributed by atoms with Crippen LogP contribution in [0.25, 0.3) is 0 Å². The Kier molecular flexibility index (Phi) is 4.97. The minimum atomic E-state index is -1.19. The lowest BCUT2D eigenvalue weighted by Gasteiger charge is -2.09. The van der Waals surface area contributed by atoms with Gasteiger partial charge in [-0.1, -0.05) is 0 Å². The summed E-state index contributed by atoms with van der Waals surface area (Å²) in [5, 5.41) is 8.48. The molecule has 0 heterocycles. The van der Waals surface area contributed by atoms with Gasteiger partial charge in [0.25, 0.3) is 0 Å². The SMILES string of the molecule is CN(C#N)C(=O)CCc1c(F)cc(OC(N)=O)cc1F. The molecule has 0 radical (unpaired) electrons. The van der Waals surface area contributed by atoms with Crippen LogP contribution in [0.5, 0.6) is 5.75 Å². The van der Waals surface area contributed by atoms with Crippen molar-refractivity contribution in [2.45, 2.75) is 12.8 Å². The van der Waals surface area contributed by atoms with Crippen LogP contribution >= 0.6 is 0 Å². The predicted octanol–water partition coefficient (Wildman–Crippen LogP) is 1.29. The molecule has 0 saturated heterocycles. The van der Waals surface area contributed by atoms with Gasteiger partial charge >= 0.3 is 6.09 Å². The third-order valence-electron chi connectivity index (χ3n) is 2.45. The predicted molar refractivity (Wildman–Crippen MR) is 63.3 cm³/mol. The highest BCUT2D eigenvalue weighted by Crippen LogP contribution is 2.22. The molecule has 0 aromatic heterocycles. The molecule has 0 bridgehead atoms. The van der Waals surface area contributed by atoms with Gasteiger partial charge in [-0.05, 0) is 6.42 Å². The highest BCUT2D eigenvalue weighted by molar-refractivity contribution is 5.77. The standard InChI is InChI=1S/C12H11F2N3O3/c1-17(6-15)11(18)3-2-8-9(13)4-7(5-10(8)14)20-12(16)19/h4-5H,2-3H2,1H3,(H2,16,19). The molecule has 1 rings (SSSR count). The summed E-state index contributed by atoms with van der Waals surface area (Å²) in [7, 11) is 1.25. The number of ether oxygens (including phenoxy) is 1. The van der Waals surface area contributed by atoms with Gasteiger partial charge < -0.3 is 10.5 Å². The number of hydrogen-bond donors (Lipinski definition) is 1. The fourth-order valence-corrected chi connectivity index (χ4v) is 1.45. The van der Waals surface area contributed by atoms with Crippen LogP contribution in [-0.4, -0.2) is 23.9 Å². The average Bonchev–Trinajstić information content (AvgIpc) is 2.35. The Morgan fingerprint density at radius 1 is 1.40 bits per heavy atom. The van der Waals surface area contributed by atoms with Crippen molar-refractivity contribution in [1.82, 2.24) is 4.90 Å². The van der Waals surface area contributed by atoms with Crippen molar-refractivity contribution in [2.24, 2.45) is 5.73 Å². The van der Waals surface area contributed by atoms with Crippen molar-refractivity contribution in [2.75, 3.05) is 7.05 Å². The van der Waals surface area contributed by atoms with Crippen molar-refractivity contribution < 1.29 is 23.1 Å². The summed E-state index contributed by atoms with van der Waals surface area (Å²) < 4.78 is 31.6. The molecule has 0 aliphatic carbocycles. The largest absolute Gasteiger partial charge is 0.410 e. The molecule has 106 valence electrons. The van der Waals surface area contributed by atoms with Crippen LogP contribution in [0, 0.1) is 23.1 Å². The third-order valence-corrected chi connectivity index (χ3v) is 2.45. The number of primary amides is 1. The van der Waals surface area contributed by atoms with E-state index in [9.17, 15) is 18.4 Å². The maximum atomic E-state index is 13.6. The second-order valence-corrected chi connectivity index (χ2v) is 3.84. The Bertz CT molecular complexity index is 561. The Morgan fingerprint density at radius 2 is 1.95 bits per heavy atom. The van der Waals surface area contributed by atoms with Crippen LogP contribution in [0.3, 0.4) is 0 Å². The first-order valence-corrected chi connectivity index (χ1v) is 5.46. The van der Waals surface area contributed by atoms with E-state index in [0.29, 0.717) is 0 Å². The van der Waals surface area contributed by atoms with Gasteiger partial charge in [0, 0.05) is 31.2 Å². The van der Waals surface area contributed by atoms with Gasteiger partial charge in [-0.15, -0.1) is 0 Å². The van der Waals surface area contributed by atoms with Crippen molar-refractivity contribution in [1.29, 1.82) is 5.26 Å². The fourth-order valence-electron chi connectivity index (χ4n) is 1.45. The lowest BCUT2D eigenvalue weighted by Crippen LogP contribution is -2.21. The second-order valence-electron chi connectivity index (χ2n) is 3.84. The molecule has 0 unspecified atom stereocenters. The van der Waals surface area contributed by atoms with E-state index in [1.54, 1.807) is 6.19 Å². The number of nitriles is 1. The van der Waals surface area contributed by atoms with E-state index in [2.05, 4.69) is 4.74 Å². The first kappa shape index (κ1) is 15.4. The minimum absolute atomic E-state index is 0.223. The highest BCUT2D eigenvalue weighted by atomic mass is 19.1. The second kappa shape index (κ2) is 6.47. The molecular weight excluding hydrogens is 272 g/mol. The molecule has 0 saturated carbocycles. The zero-order valence-electron chi connectivity index (χ0n) is 10.5. The molecule has 6 nitrogen and oxygen atoms in total. The molecule has 8 heteroatoms. The molecule has 1 aromatic rings. The van der Waals surface area contributed by atoms with Crippen LogP contribution in [0.4, 0.5) is 13.6 Å². The van der Waals surface area contributed by atoms with Gasteiger partial charge in [0.05, 0.1) is 0 Å². The summed E-state index contributed by atoms with van der Waals surface area (Å²) in [5.41, 5.74) is 4.39. The summed E-state index contributed by atoms with van der Waals surface area (Å²) in [4.78, 5) is 22.6. The van der Waals surface area contributed by atoms with Crippen LogP contribution in [0.2, 0.25) is 0 Å². The smallest absolute Gasteiger partial charge is 0.409 e. The number of nitrogens with two attached hydrogens (primary N) is 1. The first-order valence-electron chi connectivity index (χ1n) is 5.46. The van der Waals surface area contributed by atoms with E-state index >= 15 is 0 Å². The van der Waals surface area contributed by atoms with E-state index in [4.69, 9.17) is 11.0 Å². The van der Waals surface area contributed by atoms with E-state index in [0.717, 1.165) is 17.0 Å². The summed E-state index contributed by atoms with van der Waals surface area (Å²) in [6.07, 6.45) is -0.0575. The molecule has 0 fully saturated rings. The zero-order chi connectivity index (χ0) is 15.3. The number of amides is 2. The number of nitrogens with zero attached hydrogens (tertiary/aromatic N) is 2. The molecule has 0 aliphatic heterocycles. The highest BCUT2D eigenvalue weighted by Gasteiger charge is 2.16. The van der Waals surface area contributed by atoms with Crippen LogP contribution in [-0.2, 0) is 11.2 Å². The number of benzene rings is 1. The quantitative estimate of drug-likeness (QED) is 0.665. The van der Waals surface area contributed by atoms with Gasteiger partial charge in [0.1, 0.15) is 17.4 Å². The Labute approximate surface area is 113 Å². The Balaban J connectivity index is 2.84. The van der Waals surface area contributed by atoms with Crippen molar-refractivity contribution in [3.63, 3.8) is 0 Å². The van der Waals surface area contributed by atoms with Gasteiger partial charge in [0.2, 0.25) is 5.91 Å². The van der Waals surface area contributed by atoms with Crippen molar-refractivity contribution in [3.8, 4) is 11.9 Å². The van der Waals surface area contributed by atoms with Crippen molar-refractivity contribution >= 4 is 12.0 Å². The number of rotatable bonds is 4.